The summed E-state index contributed by atoms with van der Waals surface area (Å²) in [6.45, 7) is -4.95. The number of carbonyl (C=O) groups is 3. The Kier molecular flexibility index (Phi) is 16.7. The monoisotopic (exact) mass is 919 g/mol. The molecule has 0 radical (unpaired) electrons. The van der Waals surface area contributed by atoms with Crippen LogP contribution in [0.25, 0.3) is 0 Å². The van der Waals surface area contributed by atoms with Crippen molar-refractivity contribution in [2.24, 2.45) is 5.73 Å². The van der Waals surface area contributed by atoms with E-state index < -0.39 is 193 Å². The largest absolute Gasteiger partial charge is 0.477 e. The van der Waals surface area contributed by atoms with Crippen molar-refractivity contribution in [1.29, 1.82) is 0 Å². The molecule has 31 heteroatoms. The minimum absolute atomic E-state index is 1.07. The molecule has 19 N–H and O–H groups in total. The van der Waals surface area contributed by atoms with Gasteiger partial charge >= 0.3 is 25.7 Å². The third-order valence-electron chi connectivity index (χ3n) is 10.4. The average molecular weight is 920 g/mol. The zero-order chi connectivity index (χ0) is 46.2. The lowest BCUT2D eigenvalue weighted by molar-refractivity contribution is -0.379. The highest BCUT2D eigenvalue weighted by Crippen LogP contribution is 2.43. The lowest BCUT2D eigenvalue weighted by Gasteiger charge is -2.50. The number of phosphoric acid groups is 1. The van der Waals surface area contributed by atoms with E-state index in [1.807, 2.05) is 0 Å². The van der Waals surface area contributed by atoms with Crippen molar-refractivity contribution in [2.45, 2.75) is 141 Å². The molecule has 0 saturated carbocycles. The molecule has 0 bridgehead atoms. The number of aliphatic hydroxyl groups excluding tert-OH is 12. The lowest BCUT2D eigenvalue weighted by atomic mass is 9.89. The molecule has 30 nitrogen and oxygen atoms in total. The second-order valence-corrected chi connectivity index (χ2v) is 15.9. The third kappa shape index (κ3) is 11.0. The summed E-state index contributed by atoms with van der Waals surface area (Å²) in [6, 6.07) is -1.74. The van der Waals surface area contributed by atoms with Gasteiger partial charge in [0.2, 0.25) is 0 Å². The number of carboxylic acid groups (broad SMARTS) is 3. The van der Waals surface area contributed by atoms with Crippen LogP contribution in [0.2, 0.25) is 0 Å². The number of rotatable bonds is 18. The smallest absolute Gasteiger partial charge is 0.470 e. The molecule has 61 heavy (non-hydrogen) atoms. The quantitative estimate of drug-likeness (QED) is 0.0568. The number of aliphatic hydroxyl groups is 12. The van der Waals surface area contributed by atoms with Crippen LogP contribution in [0, 0.1) is 0 Å². The predicted octanol–water partition coefficient (Wildman–Crippen LogP) is -10.1. The molecule has 0 aromatic rings. The first-order valence-corrected chi connectivity index (χ1v) is 19.6. The molecular weight excluding hydrogens is 869 g/mol. The van der Waals surface area contributed by atoms with Crippen molar-refractivity contribution < 1.29 is 143 Å². The minimum atomic E-state index is -5.48. The standard InChI is InChI=1S/C30H50NO29P/c31-15-19(42)23(60-61(50,51)52)14(55-24(15)43)7-54-29(26(46)47)3-13(18(41)21(58-29)11(37)5-33)56-30(27(48)49)2-9(35)17(40)22(59-30)12(38)6-53-28(25(44)45)1-8(34)16(39)20(57-28)10(36)4-32/h8-24,32-43H,1-7,31H2,(H,44,45)(H,46,47)(H,48,49)(H2,50,51,52)/t8-,9-,10-,11-,12-,13-,14-,15-,16-,17-,18-,19-,20-,21-,22-,23-,24-,28-,29-,30-/m1/s1. The fraction of sp³-hybridized carbons (Fsp3) is 0.900. The van der Waals surface area contributed by atoms with E-state index >= 15 is 0 Å². The van der Waals surface area contributed by atoms with Crippen LogP contribution in [0.4, 0.5) is 0 Å². The van der Waals surface area contributed by atoms with Gasteiger partial charge < -0.3 is 125 Å². The van der Waals surface area contributed by atoms with Crippen molar-refractivity contribution in [1.82, 2.24) is 0 Å². The van der Waals surface area contributed by atoms with Crippen LogP contribution < -0.4 is 5.73 Å². The number of carboxylic acids is 3. The van der Waals surface area contributed by atoms with Crippen LogP contribution >= 0.6 is 7.82 Å². The van der Waals surface area contributed by atoms with Gasteiger partial charge in [0.05, 0.1) is 50.8 Å². The molecule has 0 amide bonds. The van der Waals surface area contributed by atoms with E-state index in [9.17, 15) is 105 Å². The van der Waals surface area contributed by atoms with Crippen LogP contribution in [0.1, 0.15) is 19.3 Å². The van der Waals surface area contributed by atoms with Crippen LogP contribution in [-0.4, -0.2) is 252 Å². The number of nitrogens with two attached hydrogens (primary N) is 1. The van der Waals surface area contributed by atoms with Gasteiger partial charge in [-0.05, 0) is 0 Å². The molecule has 4 saturated heterocycles. The molecule has 0 spiro atoms. The topological polar surface area (TPSA) is 512 Å². The maximum absolute atomic E-state index is 12.9. The highest BCUT2D eigenvalue weighted by molar-refractivity contribution is 7.46. The van der Waals surface area contributed by atoms with E-state index in [2.05, 4.69) is 4.52 Å². The molecule has 0 aromatic heterocycles. The van der Waals surface area contributed by atoms with Crippen LogP contribution in [-0.2, 0) is 56.6 Å². The number of aliphatic carboxylic acids is 3. The predicted molar refractivity (Wildman–Crippen MR) is 180 cm³/mol. The molecular formula is C30H50NO29P. The Balaban J connectivity index is 1.64. The second-order valence-electron chi connectivity index (χ2n) is 14.7. The molecule has 0 unspecified atom stereocenters. The summed E-state index contributed by atoms with van der Waals surface area (Å²) >= 11 is 0. The van der Waals surface area contributed by atoms with E-state index in [0.717, 1.165) is 0 Å². The van der Waals surface area contributed by atoms with Gasteiger partial charge in [0.15, 0.2) is 6.29 Å². The number of ether oxygens (including phenoxy) is 7. The molecule has 4 aliphatic rings. The van der Waals surface area contributed by atoms with E-state index in [-0.39, 0.29) is 0 Å². The lowest BCUT2D eigenvalue weighted by Crippen LogP contribution is -2.68. The van der Waals surface area contributed by atoms with Gasteiger partial charge in [-0.25, -0.2) is 18.9 Å². The van der Waals surface area contributed by atoms with Gasteiger partial charge in [-0.3, -0.25) is 4.52 Å². The van der Waals surface area contributed by atoms with Gasteiger partial charge in [-0.2, -0.15) is 0 Å². The number of phosphoric ester groups is 1. The van der Waals surface area contributed by atoms with Gasteiger partial charge in [0, 0.05) is 19.3 Å². The summed E-state index contributed by atoms with van der Waals surface area (Å²) < 4.78 is 53.5. The Labute approximate surface area is 341 Å². The molecule has 4 heterocycles. The minimum Gasteiger partial charge on any atom is -0.477 e. The normalized spacial score (nSPS) is 43.9. The van der Waals surface area contributed by atoms with Crippen LogP contribution in [0.15, 0.2) is 0 Å². The number of hydrogen-bond donors (Lipinski definition) is 18. The molecule has 4 rings (SSSR count). The fourth-order valence-corrected chi connectivity index (χ4v) is 7.66. The molecule has 4 fully saturated rings. The molecule has 0 aromatic carbocycles. The average Bonchev–Trinajstić information content (AvgIpc) is 3.18. The Bertz CT molecular complexity index is 1570. The third-order valence-corrected chi connectivity index (χ3v) is 10.9. The Morgan fingerprint density at radius 1 is 0.672 bits per heavy atom. The summed E-state index contributed by atoms with van der Waals surface area (Å²) in [6.07, 6.45) is -38.4. The first kappa shape index (κ1) is 51.4. The first-order valence-electron chi connectivity index (χ1n) is 18.0. The van der Waals surface area contributed by atoms with Crippen molar-refractivity contribution in [3.8, 4) is 0 Å². The van der Waals surface area contributed by atoms with Gasteiger partial charge in [-0.15, -0.1) is 0 Å². The van der Waals surface area contributed by atoms with Crippen LogP contribution in [0.5, 0.6) is 0 Å². The highest BCUT2D eigenvalue weighted by Gasteiger charge is 2.62. The summed E-state index contributed by atoms with van der Waals surface area (Å²) in [7, 11) is -5.48. The van der Waals surface area contributed by atoms with Crippen LogP contribution in [0.3, 0.4) is 0 Å². The zero-order valence-corrected chi connectivity index (χ0v) is 32.2. The van der Waals surface area contributed by atoms with E-state index in [0.29, 0.717) is 0 Å². The maximum atomic E-state index is 12.9. The van der Waals surface area contributed by atoms with E-state index in [1.165, 1.54) is 0 Å². The van der Waals surface area contributed by atoms with Gasteiger partial charge in [0.25, 0.3) is 17.4 Å². The Morgan fingerprint density at radius 3 is 1.59 bits per heavy atom. The Hall–Kier alpha value is -2.28. The highest BCUT2D eigenvalue weighted by atomic mass is 31.2. The van der Waals surface area contributed by atoms with E-state index in [1.54, 1.807) is 0 Å². The molecule has 20 atom stereocenters. The summed E-state index contributed by atoms with van der Waals surface area (Å²) in [5.74, 6) is -15.9. The summed E-state index contributed by atoms with van der Waals surface area (Å²) in [4.78, 5) is 56.8. The van der Waals surface area contributed by atoms with Crippen molar-refractivity contribution >= 4 is 25.7 Å². The summed E-state index contributed by atoms with van der Waals surface area (Å²) in [5, 5.41) is 155. The van der Waals surface area contributed by atoms with Gasteiger partial charge in [0.1, 0.15) is 73.2 Å². The maximum Gasteiger partial charge on any atom is 0.470 e. The fourth-order valence-electron chi connectivity index (χ4n) is 7.08. The van der Waals surface area contributed by atoms with Crippen molar-refractivity contribution in [3.63, 3.8) is 0 Å². The van der Waals surface area contributed by atoms with Crippen molar-refractivity contribution in [2.75, 3.05) is 26.4 Å². The SMILES string of the molecule is N[C@@H]1[C@@H](O)[C@H](OP(=O)(O)O)[C@@H](CO[C@]2(C(=O)O)C[C@@H](O[C@]3(C(=O)O)C[C@@H](O)[C@@H](O)[C@@H]([C@H](O)CO[C@]4(C(=O)O)C[C@@H](O)[C@@H](O)[C@@H]([C@H](O)CO)O4)O3)[C@@H](O)[C@@H]([C@H](O)CO)O2)O[C@H]1O. The second kappa shape index (κ2) is 19.9. The molecule has 4 aliphatic heterocycles. The molecule has 0 aliphatic carbocycles. The van der Waals surface area contributed by atoms with E-state index in [4.69, 9.17) is 38.9 Å². The zero-order valence-electron chi connectivity index (χ0n) is 31.3. The summed E-state index contributed by atoms with van der Waals surface area (Å²) in [5.41, 5.74) is 5.59. The number of hydrogen-bond acceptors (Lipinski definition) is 25. The molecule has 354 valence electrons. The first-order chi connectivity index (χ1) is 28.2. The Morgan fingerprint density at radius 2 is 1.11 bits per heavy atom. The van der Waals surface area contributed by atoms with Crippen molar-refractivity contribution in [3.05, 3.63) is 0 Å². The van der Waals surface area contributed by atoms with Gasteiger partial charge in [-0.1, -0.05) is 0 Å².